The minimum absolute atomic E-state index is 0.177. The van der Waals surface area contributed by atoms with Gasteiger partial charge in [-0.3, -0.25) is 9.59 Å². The Morgan fingerprint density at radius 3 is 2.14 bits per heavy atom. The van der Waals surface area contributed by atoms with Crippen LogP contribution in [0.5, 0.6) is 0 Å². The number of hydrogen-bond donors (Lipinski definition) is 0. The first-order chi connectivity index (χ1) is 10.2. The average Bonchev–Trinajstić information content (AvgIpc) is 2.54. The van der Waals surface area contributed by atoms with Crippen LogP contribution >= 0.6 is 0 Å². The molecule has 21 heavy (non-hydrogen) atoms. The van der Waals surface area contributed by atoms with E-state index in [0.29, 0.717) is 12.0 Å². The quantitative estimate of drug-likeness (QED) is 0.602. The van der Waals surface area contributed by atoms with Crippen LogP contribution in [-0.2, 0) is 16.0 Å². The van der Waals surface area contributed by atoms with Crippen LogP contribution in [0.4, 0.5) is 0 Å². The van der Waals surface area contributed by atoms with Crippen molar-refractivity contribution in [2.75, 3.05) is 0 Å². The molecule has 2 aromatic carbocycles. The van der Waals surface area contributed by atoms with E-state index in [1.807, 2.05) is 36.4 Å². The topological polar surface area (TPSA) is 43.4 Å². The van der Waals surface area contributed by atoms with E-state index in [4.69, 9.17) is 4.74 Å². The summed E-state index contributed by atoms with van der Waals surface area (Å²) in [7, 11) is 0. The van der Waals surface area contributed by atoms with Crippen molar-refractivity contribution in [2.24, 2.45) is 0 Å². The molecule has 0 heterocycles. The van der Waals surface area contributed by atoms with E-state index in [0.717, 1.165) is 5.56 Å². The van der Waals surface area contributed by atoms with Gasteiger partial charge in [0.25, 0.3) is 0 Å². The van der Waals surface area contributed by atoms with Crippen LogP contribution in [-0.4, -0.2) is 17.9 Å². The average molecular weight is 282 g/mol. The zero-order chi connectivity index (χ0) is 15.1. The van der Waals surface area contributed by atoms with Crippen LogP contribution in [0.1, 0.15) is 29.3 Å². The van der Waals surface area contributed by atoms with Gasteiger partial charge in [-0.1, -0.05) is 60.7 Å². The largest absolute Gasteiger partial charge is 0.454 e. The third-order valence-corrected chi connectivity index (χ3v) is 3.20. The molecule has 0 saturated carbocycles. The lowest BCUT2D eigenvalue weighted by Gasteiger charge is -2.12. The van der Waals surface area contributed by atoms with E-state index in [1.54, 1.807) is 31.2 Å². The molecule has 0 N–H and O–H groups in total. The minimum atomic E-state index is -0.754. The maximum Gasteiger partial charge on any atom is 0.306 e. The van der Waals surface area contributed by atoms with Gasteiger partial charge in [0.05, 0.1) is 0 Å². The molecule has 0 spiro atoms. The molecule has 108 valence electrons. The zero-order valence-electron chi connectivity index (χ0n) is 12.0. The molecule has 0 aliphatic rings. The molecule has 1 atom stereocenters. The van der Waals surface area contributed by atoms with Crippen LogP contribution < -0.4 is 0 Å². The Hall–Kier alpha value is -2.42. The number of aryl methyl sites for hydroxylation is 1. The Balaban J connectivity index is 1.83. The molecule has 0 radical (unpaired) electrons. The molecule has 2 aromatic rings. The van der Waals surface area contributed by atoms with Crippen molar-refractivity contribution in [1.29, 1.82) is 0 Å². The number of ketones is 1. The minimum Gasteiger partial charge on any atom is -0.454 e. The smallest absolute Gasteiger partial charge is 0.306 e. The van der Waals surface area contributed by atoms with Gasteiger partial charge in [0.2, 0.25) is 5.78 Å². The van der Waals surface area contributed by atoms with Crippen molar-refractivity contribution in [3.05, 3.63) is 71.8 Å². The summed E-state index contributed by atoms with van der Waals surface area (Å²) in [6.45, 7) is 1.61. The fourth-order valence-corrected chi connectivity index (χ4v) is 2.04. The second-order valence-corrected chi connectivity index (χ2v) is 4.85. The molecule has 0 unspecified atom stereocenters. The number of rotatable bonds is 6. The predicted octanol–water partition coefficient (Wildman–Crippen LogP) is 3.43. The fraction of sp³-hybridized carbons (Fsp3) is 0.222. The highest BCUT2D eigenvalue weighted by Crippen LogP contribution is 2.08. The monoisotopic (exact) mass is 282 g/mol. The van der Waals surface area contributed by atoms with Gasteiger partial charge in [0, 0.05) is 12.0 Å². The number of carbonyl (C=O) groups excluding carboxylic acids is 2. The number of carbonyl (C=O) groups is 2. The summed E-state index contributed by atoms with van der Waals surface area (Å²) in [5.74, 6) is -0.528. The number of benzene rings is 2. The maximum atomic E-state index is 12.1. The van der Waals surface area contributed by atoms with Crippen molar-refractivity contribution >= 4 is 11.8 Å². The molecule has 0 aliphatic heterocycles. The molecule has 0 saturated heterocycles. The summed E-state index contributed by atoms with van der Waals surface area (Å²) in [6, 6.07) is 18.6. The van der Waals surface area contributed by atoms with E-state index >= 15 is 0 Å². The number of esters is 1. The second-order valence-electron chi connectivity index (χ2n) is 4.85. The summed E-state index contributed by atoms with van der Waals surface area (Å²) in [4.78, 5) is 23.9. The molecule has 0 aliphatic carbocycles. The maximum absolute atomic E-state index is 12.1. The number of ether oxygens (including phenoxy) is 1. The van der Waals surface area contributed by atoms with E-state index in [1.165, 1.54) is 0 Å². The van der Waals surface area contributed by atoms with Gasteiger partial charge in [0.1, 0.15) is 0 Å². The van der Waals surface area contributed by atoms with Gasteiger partial charge in [-0.2, -0.15) is 0 Å². The first-order valence-corrected chi connectivity index (χ1v) is 6.99. The van der Waals surface area contributed by atoms with Crippen molar-refractivity contribution in [3.63, 3.8) is 0 Å². The van der Waals surface area contributed by atoms with Crippen LogP contribution in [0.15, 0.2) is 60.7 Å². The third kappa shape index (κ3) is 4.56. The molecule has 3 heteroatoms. The van der Waals surface area contributed by atoms with Crippen LogP contribution in [0.25, 0.3) is 0 Å². The Labute approximate surface area is 124 Å². The summed E-state index contributed by atoms with van der Waals surface area (Å²) in [5, 5.41) is 0. The summed E-state index contributed by atoms with van der Waals surface area (Å²) >= 11 is 0. The van der Waals surface area contributed by atoms with Crippen molar-refractivity contribution in [1.82, 2.24) is 0 Å². The second kappa shape index (κ2) is 7.39. The van der Waals surface area contributed by atoms with Crippen LogP contribution in [0.2, 0.25) is 0 Å². The van der Waals surface area contributed by atoms with E-state index < -0.39 is 6.10 Å². The third-order valence-electron chi connectivity index (χ3n) is 3.20. The highest BCUT2D eigenvalue weighted by Gasteiger charge is 2.18. The lowest BCUT2D eigenvalue weighted by atomic mass is 10.1. The van der Waals surface area contributed by atoms with Crippen LogP contribution in [0.3, 0.4) is 0 Å². The molecule has 0 aromatic heterocycles. The predicted molar refractivity (Wildman–Crippen MR) is 81.1 cm³/mol. The van der Waals surface area contributed by atoms with E-state index in [-0.39, 0.29) is 18.2 Å². The van der Waals surface area contributed by atoms with Gasteiger partial charge < -0.3 is 4.74 Å². The van der Waals surface area contributed by atoms with Crippen molar-refractivity contribution in [2.45, 2.75) is 25.9 Å². The summed E-state index contributed by atoms with van der Waals surface area (Å²) < 4.78 is 5.20. The molecule has 0 amide bonds. The lowest BCUT2D eigenvalue weighted by Crippen LogP contribution is -2.24. The van der Waals surface area contributed by atoms with E-state index in [9.17, 15) is 9.59 Å². The Kier molecular flexibility index (Phi) is 5.27. The first-order valence-electron chi connectivity index (χ1n) is 6.99. The van der Waals surface area contributed by atoms with Crippen molar-refractivity contribution < 1.29 is 14.3 Å². The van der Waals surface area contributed by atoms with Gasteiger partial charge >= 0.3 is 5.97 Å². The van der Waals surface area contributed by atoms with Gasteiger partial charge in [-0.25, -0.2) is 0 Å². The Bertz CT molecular complexity index is 590. The first kappa shape index (κ1) is 15.0. The van der Waals surface area contributed by atoms with Crippen molar-refractivity contribution in [3.8, 4) is 0 Å². The molecule has 0 fully saturated rings. The Morgan fingerprint density at radius 2 is 1.52 bits per heavy atom. The molecule has 0 bridgehead atoms. The van der Waals surface area contributed by atoms with Gasteiger partial charge in [-0.05, 0) is 18.9 Å². The Morgan fingerprint density at radius 1 is 0.952 bits per heavy atom. The molecule has 2 rings (SSSR count). The van der Waals surface area contributed by atoms with Crippen LogP contribution in [0, 0.1) is 0 Å². The van der Waals surface area contributed by atoms with Gasteiger partial charge in [-0.15, -0.1) is 0 Å². The van der Waals surface area contributed by atoms with E-state index in [2.05, 4.69) is 0 Å². The van der Waals surface area contributed by atoms with Gasteiger partial charge in [0.15, 0.2) is 6.10 Å². The fourth-order valence-electron chi connectivity index (χ4n) is 2.04. The lowest BCUT2D eigenvalue weighted by molar-refractivity contribution is -0.146. The number of Topliss-reactive ketones (excluding diaryl/α,β-unsaturated/α-hetero) is 1. The highest BCUT2D eigenvalue weighted by molar-refractivity contribution is 6.00. The molecular weight excluding hydrogens is 264 g/mol. The SMILES string of the molecule is C[C@H](OC(=O)CCc1ccccc1)C(=O)c1ccccc1. The number of hydrogen-bond acceptors (Lipinski definition) is 3. The molecular formula is C18H18O3. The highest BCUT2D eigenvalue weighted by atomic mass is 16.5. The summed E-state index contributed by atoms with van der Waals surface area (Å²) in [5.41, 5.74) is 1.64. The summed E-state index contributed by atoms with van der Waals surface area (Å²) in [6.07, 6.45) is 0.137. The zero-order valence-corrected chi connectivity index (χ0v) is 12.0. The normalized spacial score (nSPS) is 11.7. The molecule has 3 nitrogen and oxygen atoms in total. The standard InChI is InChI=1S/C18H18O3/c1-14(18(20)16-10-6-3-7-11-16)21-17(19)13-12-15-8-4-2-5-9-15/h2-11,14H,12-13H2,1H3/t14-/m0/s1.